The SMILES string of the molecule is CCCN(CCC)c1cnnc(Nc2ccc(F)c(Cl)c2)n1. The van der Waals surface area contributed by atoms with Crippen molar-refractivity contribution in [2.75, 3.05) is 23.3 Å². The fourth-order valence-corrected chi connectivity index (χ4v) is 2.26. The number of rotatable bonds is 7. The van der Waals surface area contributed by atoms with E-state index in [0.29, 0.717) is 11.6 Å². The van der Waals surface area contributed by atoms with E-state index in [9.17, 15) is 4.39 Å². The molecular formula is C15H19ClFN5. The Morgan fingerprint density at radius 3 is 2.59 bits per heavy atom. The van der Waals surface area contributed by atoms with Crippen molar-refractivity contribution in [3.63, 3.8) is 0 Å². The van der Waals surface area contributed by atoms with Crippen molar-refractivity contribution in [1.82, 2.24) is 15.2 Å². The Labute approximate surface area is 134 Å². The fourth-order valence-electron chi connectivity index (χ4n) is 2.08. The normalized spacial score (nSPS) is 10.5. The number of nitrogens with zero attached hydrogens (tertiary/aromatic N) is 4. The van der Waals surface area contributed by atoms with Crippen molar-refractivity contribution in [3.8, 4) is 0 Å². The van der Waals surface area contributed by atoms with Crippen molar-refractivity contribution >= 4 is 29.1 Å². The maximum atomic E-state index is 13.2. The first-order valence-corrected chi connectivity index (χ1v) is 7.68. The summed E-state index contributed by atoms with van der Waals surface area (Å²) in [6.45, 7) is 6.07. The summed E-state index contributed by atoms with van der Waals surface area (Å²) in [4.78, 5) is 6.63. The minimum Gasteiger partial charge on any atom is -0.355 e. The quantitative estimate of drug-likeness (QED) is 0.833. The van der Waals surface area contributed by atoms with Crippen molar-refractivity contribution in [1.29, 1.82) is 0 Å². The first-order valence-electron chi connectivity index (χ1n) is 7.30. The highest BCUT2D eigenvalue weighted by Crippen LogP contribution is 2.22. The molecule has 1 N–H and O–H groups in total. The van der Waals surface area contributed by atoms with Gasteiger partial charge in [-0.25, -0.2) is 4.39 Å². The van der Waals surface area contributed by atoms with Gasteiger partial charge in [-0.05, 0) is 31.0 Å². The van der Waals surface area contributed by atoms with E-state index in [1.165, 1.54) is 12.1 Å². The van der Waals surface area contributed by atoms with Gasteiger partial charge in [0.2, 0.25) is 5.95 Å². The third-order valence-corrected chi connectivity index (χ3v) is 3.32. The molecule has 0 saturated carbocycles. The summed E-state index contributed by atoms with van der Waals surface area (Å²) in [6.07, 6.45) is 3.70. The molecule has 0 radical (unpaired) electrons. The van der Waals surface area contributed by atoms with Gasteiger partial charge >= 0.3 is 0 Å². The van der Waals surface area contributed by atoms with E-state index in [1.54, 1.807) is 12.3 Å². The van der Waals surface area contributed by atoms with Crippen LogP contribution in [0.1, 0.15) is 26.7 Å². The van der Waals surface area contributed by atoms with Crippen LogP contribution in [0, 0.1) is 5.82 Å². The van der Waals surface area contributed by atoms with Crippen LogP contribution in [-0.4, -0.2) is 28.3 Å². The number of hydrogen-bond donors (Lipinski definition) is 1. The molecule has 0 unspecified atom stereocenters. The first-order chi connectivity index (χ1) is 10.6. The van der Waals surface area contributed by atoms with Crippen LogP contribution in [0.25, 0.3) is 0 Å². The molecule has 1 heterocycles. The second-order valence-corrected chi connectivity index (χ2v) is 5.29. The van der Waals surface area contributed by atoms with E-state index in [1.807, 2.05) is 0 Å². The Morgan fingerprint density at radius 2 is 1.95 bits per heavy atom. The van der Waals surface area contributed by atoms with Crippen molar-refractivity contribution in [2.24, 2.45) is 0 Å². The van der Waals surface area contributed by atoms with Gasteiger partial charge in [0.05, 0.1) is 11.2 Å². The number of benzene rings is 1. The average Bonchev–Trinajstić information content (AvgIpc) is 2.51. The van der Waals surface area contributed by atoms with Crippen LogP contribution in [0.4, 0.5) is 21.8 Å². The molecule has 0 aliphatic carbocycles. The van der Waals surface area contributed by atoms with Crippen molar-refractivity contribution in [3.05, 3.63) is 35.2 Å². The summed E-state index contributed by atoms with van der Waals surface area (Å²) >= 11 is 5.76. The molecule has 1 aromatic carbocycles. The molecular weight excluding hydrogens is 305 g/mol. The molecule has 0 aliphatic rings. The highest BCUT2D eigenvalue weighted by atomic mass is 35.5. The number of nitrogens with one attached hydrogen (secondary N) is 1. The smallest absolute Gasteiger partial charge is 0.249 e. The summed E-state index contributed by atoms with van der Waals surface area (Å²) in [6, 6.07) is 4.36. The molecule has 7 heteroatoms. The van der Waals surface area contributed by atoms with E-state index < -0.39 is 5.82 Å². The van der Waals surface area contributed by atoms with Crippen molar-refractivity contribution in [2.45, 2.75) is 26.7 Å². The highest BCUT2D eigenvalue weighted by Gasteiger charge is 2.09. The second kappa shape index (κ2) is 7.89. The topological polar surface area (TPSA) is 53.9 Å². The van der Waals surface area contributed by atoms with E-state index in [-0.39, 0.29) is 5.02 Å². The molecule has 2 rings (SSSR count). The molecule has 0 fully saturated rings. The molecule has 0 atom stereocenters. The van der Waals surface area contributed by atoms with E-state index in [4.69, 9.17) is 11.6 Å². The zero-order valence-electron chi connectivity index (χ0n) is 12.7. The fraction of sp³-hybridized carbons (Fsp3) is 0.400. The lowest BCUT2D eigenvalue weighted by atomic mass is 10.3. The van der Waals surface area contributed by atoms with Gasteiger partial charge in [-0.3, -0.25) is 0 Å². The van der Waals surface area contributed by atoms with Crippen LogP contribution in [0.3, 0.4) is 0 Å². The molecule has 0 aliphatic heterocycles. The first kappa shape index (κ1) is 16.4. The Balaban J connectivity index is 2.18. The molecule has 0 amide bonds. The largest absolute Gasteiger partial charge is 0.355 e. The zero-order valence-corrected chi connectivity index (χ0v) is 13.4. The average molecular weight is 324 g/mol. The lowest BCUT2D eigenvalue weighted by molar-refractivity contribution is 0.628. The maximum Gasteiger partial charge on any atom is 0.249 e. The molecule has 118 valence electrons. The van der Waals surface area contributed by atoms with Gasteiger partial charge in [0.15, 0.2) is 5.82 Å². The predicted octanol–water partition coefficient (Wildman–Crippen LogP) is 4.03. The highest BCUT2D eigenvalue weighted by molar-refractivity contribution is 6.31. The van der Waals surface area contributed by atoms with E-state index >= 15 is 0 Å². The van der Waals surface area contributed by atoms with Gasteiger partial charge in [0.25, 0.3) is 0 Å². The third kappa shape index (κ3) is 4.27. The van der Waals surface area contributed by atoms with E-state index in [0.717, 1.165) is 31.7 Å². The maximum absolute atomic E-state index is 13.2. The number of anilines is 3. The summed E-state index contributed by atoms with van der Waals surface area (Å²) in [7, 11) is 0. The second-order valence-electron chi connectivity index (χ2n) is 4.88. The van der Waals surface area contributed by atoms with Gasteiger partial charge in [-0.2, -0.15) is 10.1 Å². The summed E-state index contributed by atoms with van der Waals surface area (Å²) < 4.78 is 13.2. The predicted molar refractivity (Wildman–Crippen MR) is 87.3 cm³/mol. The van der Waals surface area contributed by atoms with E-state index in [2.05, 4.69) is 39.2 Å². The van der Waals surface area contributed by atoms with Gasteiger partial charge in [0.1, 0.15) is 5.82 Å². The minimum absolute atomic E-state index is 0.0488. The monoisotopic (exact) mass is 323 g/mol. The summed E-state index contributed by atoms with van der Waals surface area (Å²) in [5.74, 6) is 0.670. The molecule has 0 bridgehead atoms. The van der Waals surface area contributed by atoms with Gasteiger partial charge in [0, 0.05) is 18.8 Å². The molecule has 2 aromatic rings. The van der Waals surface area contributed by atoms with Crippen molar-refractivity contribution < 1.29 is 4.39 Å². The zero-order chi connectivity index (χ0) is 15.9. The molecule has 0 saturated heterocycles. The Morgan fingerprint density at radius 1 is 1.23 bits per heavy atom. The summed E-state index contributed by atoms with van der Waals surface area (Å²) in [5.41, 5.74) is 0.614. The Kier molecular flexibility index (Phi) is 5.89. The number of halogens is 2. The van der Waals surface area contributed by atoms with Gasteiger partial charge < -0.3 is 10.2 Å². The summed E-state index contributed by atoms with van der Waals surface area (Å²) in [5, 5.41) is 11.0. The van der Waals surface area contributed by atoms with Crippen LogP contribution in [0.15, 0.2) is 24.4 Å². The Hall–Kier alpha value is -1.95. The van der Waals surface area contributed by atoms with Crippen LogP contribution >= 0.6 is 11.6 Å². The van der Waals surface area contributed by atoms with Crippen LogP contribution in [-0.2, 0) is 0 Å². The minimum atomic E-state index is -0.461. The number of aromatic nitrogens is 3. The lowest BCUT2D eigenvalue weighted by Crippen LogP contribution is -2.26. The van der Waals surface area contributed by atoms with Crippen LogP contribution in [0.2, 0.25) is 5.02 Å². The standard InChI is InChI=1S/C15H19ClFN5/c1-3-7-22(8-4-2)14-10-18-21-15(20-14)19-11-5-6-13(17)12(16)9-11/h5-6,9-10H,3-4,7-8H2,1-2H3,(H,19,20,21). The molecule has 22 heavy (non-hydrogen) atoms. The van der Waals surface area contributed by atoms with Gasteiger partial charge in [-0.15, -0.1) is 5.10 Å². The van der Waals surface area contributed by atoms with Gasteiger partial charge in [-0.1, -0.05) is 25.4 Å². The van der Waals surface area contributed by atoms with Crippen LogP contribution < -0.4 is 10.2 Å². The number of hydrogen-bond acceptors (Lipinski definition) is 5. The molecule has 1 aromatic heterocycles. The van der Waals surface area contributed by atoms with Crippen LogP contribution in [0.5, 0.6) is 0 Å². The third-order valence-electron chi connectivity index (χ3n) is 3.03. The molecule has 5 nitrogen and oxygen atoms in total. The molecule has 0 spiro atoms. The lowest BCUT2D eigenvalue weighted by Gasteiger charge is -2.22. The Bertz CT molecular complexity index is 617.